The van der Waals surface area contributed by atoms with E-state index in [1.807, 2.05) is 49.4 Å². The number of pyridine rings is 1. The van der Waals surface area contributed by atoms with Crippen molar-refractivity contribution in [1.29, 1.82) is 0 Å². The van der Waals surface area contributed by atoms with E-state index < -0.39 is 0 Å². The third-order valence-electron chi connectivity index (χ3n) is 7.73. The molecule has 3 heterocycles. The zero-order valence-corrected chi connectivity index (χ0v) is 22.8. The van der Waals surface area contributed by atoms with Crippen molar-refractivity contribution in [1.82, 2.24) is 9.88 Å². The smallest absolute Gasteiger partial charge is 0.227 e. The molecule has 2 aromatic heterocycles. The fraction of sp³-hybridized carbons (Fsp3) is 0.206. The number of carbonyl (C=O) groups excluding carboxylic acids is 2. The summed E-state index contributed by atoms with van der Waals surface area (Å²) < 4.78 is 19.9. The fourth-order valence-corrected chi connectivity index (χ4v) is 5.37. The van der Waals surface area contributed by atoms with Crippen LogP contribution in [0.15, 0.2) is 95.5 Å². The van der Waals surface area contributed by atoms with Crippen molar-refractivity contribution in [3.63, 3.8) is 0 Å². The van der Waals surface area contributed by atoms with E-state index in [0.717, 1.165) is 33.5 Å². The molecule has 1 amide bonds. The summed E-state index contributed by atoms with van der Waals surface area (Å²) >= 11 is 0. The molecule has 1 aliphatic rings. The molecule has 0 aliphatic carbocycles. The van der Waals surface area contributed by atoms with Gasteiger partial charge in [-0.15, -0.1) is 0 Å². The standard InChI is InChI=1S/C34H30FN3O3/c1-23-28-20-26(25-7-3-2-4-8-25)12-13-31(28)41-34(23)30(39)19-24-11-14-32(36-22-24)37-15-17-38(18-16-37)33(40)21-27-9-5-6-10-29(27)35/h2-14,20,22H,15-19,21H2,1H3. The predicted octanol–water partition coefficient (Wildman–Crippen LogP) is 6.26. The van der Waals surface area contributed by atoms with Gasteiger partial charge in [-0.2, -0.15) is 0 Å². The predicted molar refractivity (Wildman–Crippen MR) is 158 cm³/mol. The summed E-state index contributed by atoms with van der Waals surface area (Å²) in [6.45, 7) is 4.30. The van der Waals surface area contributed by atoms with Gasteiger partial charge in [0.25, 0.3) is 0 Å². The van der Waals surface area contributed by atoms with Crippen molar-refractivity contribution in [2.45, 2.75) is 19.8 Å². The number of piperazine rings is 1. The van der Waals surface area contributed by atoms with Crippen LogP contribution >= 0.6 is 0 Å². The van der Waals surface area contributed by atoms with Gasteiger partial charge in [-0.3, -0.25) is 9.59 Å². The molecule has 1 aliphatic heterocycles. The second kappa shape index (κ2) is 11.4. The van der Waals surface area contributed by atoms with Crippen molar-refractivity contribution in [3.8, 4) is 11.1 Å². The summed E-state index contributed by atoms with van der Waals surface area (Å²) in [4.78, 5) is 34.4. The highest BCUT2D eigenvalue weighted by Crippen LogP contribution is 2.31. The van der Waals surface area contributed by atoms with Gasteiger partial charge in [-0.05, 0) is 53.4 Å². The lowest BCUT2D eigenvalue weighted by atomic mass is 10.0. The molecule has 0 atom stereocenters. The lowest BCUT2D eigenvalue weighted by Gasteiger charge is -2.35. The number of hydrogen-bond donors (Lipinski definition) is 0. The zero-order valence-electron chi connectivity index (χ0n) is 22.8. The van der Waals surface area contributed by atoms with Crippen molar-refractivity contribution >= 4 is 28.5 Å². The fourth-order valence-electron chi connectivity index (χ4n) is 5.37. The van der Waals surface area contributed by atoms with Gasteiger partial charge >= 0.3 is 0 Å². The SMILES string of the molecule is Cc1c(C(=O)Cc2ccc(N3CCN(C(=O)Cc4ccccc4F)CC3)nc2)oc2ccc(-c3ccccc3)cc12. The second-order valence-electron chi connectivity index (χ2n) is 10.4. The van der Waals surface area contributed by atoms with E-state index in [1.165, 1.54) is 6.07 Å². The molecule has 3 aromatic carbocycles. The van der Waals surface area contributed by atoms with Gasteiger partial charge in [-0.25, -0.2) is 9.37 Å². The molecule has 1 saturated heterocycles. The highest BCUT2D eigenvalue weighted by Gasteiger charge is 2.23. The van der Waals surface area contributed by atoms with E-state index in [4.69, 9.17) is 4.42 Å². The Labute approximate surface area is 238 Å². The first-order valence-corrected chi connectivity index (χ1v) is 13.8. The maximum absolute atomic E-state index is 13.9. The van der Waals surface area contributed by atoms with Crippen molar-refractivity contribution in [2.24, 2.45) is 0 Å². The first-order chi connectivity index (χ1) is 20.0. The number of aryl methyl sites for hydroxylation is 1. The highest BCUT2D eigenvalue weighted by atomic mass is 19.1. The number of anilines is 1. The monoisotopic (exact) mass is 547 g/mol. The van der Waals surface area contributed by atoms with Crippen molar-refractivity contribution in [3.05, 3.63) is 119 Å². The number of fused-ring (bicyclic) bond motifs is 1. The van der Waals surface area contributed by atoms with Gasteiger partial charge in [0.15, 0.2) is 5.76 Å². The molecular weight excluding hydrogens is 517 g/mol. The van der Waals surface area contributed by atoms with Crippen LogP contribution in [0, 0.1) is 12.7 Å². The molecule has 0 spiro atoms. The van der Waals surface area contributed by atoms with Crippen molar-refractivity contribution in [2.75, 3.05) is 31.1 Å². The Kier molecular flexibility index (Phi) is 7.33. The minimum absolute atomic E-state index is 0.0620. The molecule has 0 saturated carbocycles. The van der Waals surface area contributed by atoms with Crippen LogP contribution in [0.2, 0.25) is 0 Å². The molecule has 0 bridgehead atoms. The van der Waals surface area contributed by atoms with Crippen LogP contribution in [0.1, 0.15) is 27.2 Å². The summed E-state index contributed by atoms with van der Waals surface area (Å²) in [7, 11) is 0. The minimum Gasteiger partial charge on any atom is -0.453 e. The maximum Gasteiger partial charge on any atom is 0.227 e. The lowest BCUT2D eigenvalue weighted by Crippen LogP contribution is -2.49. The van der Waals surface area contributed by atoms with Crippen LogP contribution in [0.3, 0.4) is 0 Å². The van der Waals surface area contributed by atoms with E-state index >= 15 is 0 Å². The van der Waals surface area contributed by atoms with E-state index in [1.54, 1.807) is 29.3 Å². The molecule has 41 heavy (non-hydrogen) atoms. The Morgan fingerprint density at radius 2 is 1.61 bits per heavy atom. The number of furan rings is 1. The molecule has 0 N–H and O–H groups in total. The Morgan fingerprint density at radius 3 is 2.34 bits per heavy atom. The number of ketones is 1. The normalized spacial score (nSPS) is 13.5. The number of carbonyl (C=O) groups is 2. The highest BCUT2D eigenvalue weighted by molar-refractivity contribution is 6.02. The summed E-state index contributed by atoms with van der Waals surface area (Å²) in [6.07, 6.45) is 1.98. The number of nitrogens with zero attached hydrogens (tertiary/aromatic N) is 3. The molecule has 0 radical (unpaired) electrons. The zero-order chi connectivity index (χ0) is 28.3. The Hall–Kier alpha value is -4.78. The van der Waals surface area contributed by atoms with E-state index in [9.17, 15) is 14.0 Å². The van der Waals surface area contributed by atoms with Gasteiger partial charge in [0.05, 0.1) is 6.42 Å². The van der Waals surface area contributed by atoms with Crippen LogP contribution in [0.4, 0.5) is 10.2 Å². The summed E-state index contributed by atoms with van der Waals surface area (Å²) in [6, 6.07) is 26.4. The summed E-state index contributed by atoms with van der Waals surface area (Å²) in [5.74, 6) is 0.668. The van der Waals surface area contributed by atoms with Gasteiger partial charge < -0.3 is 14.2 Å². The number of Topliss-reactive ketones (excluding diaryl/α,β-unsaturated/α-hetero) is 1. The summed E-state index contributed by atoms with van der Waals surface area (Å²) in [5, 5.41) is 0.940. The molecule has 1 fully saturated rings. The van der Waals surface area contributed by atoms with Gasteiger partial charge in [0.1, 0.15) is 17.2 Å². The lowest BCUT2D eigenvalue weighted by molar-refractivity contribution is -0.130. The maximum atomic E-state index is 13.9. The van der Waals surface area contributed by atoms with Crippen LogP contribution in [-0.4, -0.2) is 47.8 Å². The van der Waals surface area contributed by atoms with E-state index in [2.05, 4.69) is 28.1 Å². The number of benzene rings is 3. The van der Waals surface area contributed by atoms with Crippen LogP contribution in [0.5, 0.6) is 0 Å². The molecule has 6 rings (SSSR count). The number of hydrogen-bond acceptors (Lipinski definition) is 5. The number of rotatable bonds is 7. The molecule has 7 heteroatoms. The van der Waals surface area contributed by atoms with Crippen LogP contribution in [0.25, 0.3) is 22.1 Å². The molecule has 206 valence electrons. The van der Waals surface area contributed by atoms with Crippen LogP contribution < -0.4 is 4.90 Å². The molecule has 5 aromatic rings. The molecule has 6 nitrogen and oxygen atoms in total. The topological polar surface area (TPSA) is 66.7 Å². The second-order valence-corrected chi connectivity index (χ2v) is 10.4. The third-order valence-corrected chi connectivity index (χ3v) is 7.73. The molecular formula is C34H30FN3O3. The summed E-state index contributed by atoms with van der Waals surface area (Å²) in [5.41, 5.74) is 4.96. The minimum atomic E-state index is -0.352. The number of amides is 1. The van der Waals surface area contributed by atoms with Crippen molar-refractivity contribution < 1.29 is 18.4 Å². The van der Waals surface area contributed by atoms with Gasteiger partial charge in [-0.1, -0.05) is 60.7 Å². The Morgan fingerprint density at radius 1 is 0.854 bits per heavy atom. The number of halogens is 1. The first kappa shape index (κ1) is 26.4. The van der Waals surface area contributed by atoms with E-state index in [-0.39, 0.29) is 30.3 Å². The Balaban J connectivity index is 1.07. The average molecular weight is 548 g/mol. The largest absolute Gasteiger partial charge is 0.453 e. The molecule has 0 unspecified atom stereocenters. The Bertz CT molecular complexity index is 1710. The van der Waals surface area contributed by atoms with E-state index in [0.29, 0.717) is 43.1 Å². The number of aromatic nitrogens is 1. The quantitative estimate of drug-likeness (QED) is 0.225. The first-order valence-electron chi connectivity index (χ1n) is 13.8. The van der Waals surface area contributed by atoms with Gasteiger partial charge in [0.2, 0.25) is 11.7 Å². The van der Waals surface area contributed by atoms with Crippen LogP contribution in [-0.2, 0) is 17.6 Å². The van der Waals surface area contributed by atoms with Gasteiger partial charge in [0, 0.05) is 49.7 Å². The average Bonchev–Trinajstić information content (AvgIpc) is 3.35. The third kappa shape index (κ3) is 5.61.